The van der Waals surface area contributed by atoms with Crippen LogP contribution in [0.4, 0.5) is 0 Å². The Morgan fingerprint density at radius 1 is 0.644 bits per heavy atom. The van der Waals surface area contributed by atoms with Crippen LogP contribution in [0.15, 0.2) is 11.6 Å². The molecular weight excluding hydrogens is 572 g/mol. The zero-order chi connectivity index (χ0) is 32.4. The van der Waals surface area contributed by atoms with E-state index in [1.807, 2.05) is 13.0 Å². The van der Waals surface area contributed by atoms with Gasteiger partial charge in [0.25, 0.3) is 0 Å². The van der Waals surface area contributed by atoms with E-state index in [1.54, 1.807) is 0 Å². The Kier molecular flexibility index (Phi) is 18.6. The number of aliphatic hydroxyl groups is 4. The summed E-state index contributed by atoms with van der Waals surface area (Å²) in [6, 6.07) is 0. The van der Waals surface area contributed by atoms with Gasteiger partial charge in [-0.3, -0.25) is 0 Å². The molecule has 0 amide bonds. The molecule has 8 nitrogen and oxygen atoms in total. The molecule has 262 valence electrons. The molecule has 8 heteroatoms. The van der Waals surface area contributed by atoms with Crippen LogP contribution in [0, 0.1) is 0 Å². The lowest BCUT2D eigenvalue weighted by Gasteiger charge is -2.24. The van der Waals surface area contributed by atoms with Gasteiger partial charge < -0.3 is 34.6 Å². The SMILES string of the molecule is CCCCCC[C@@H](O)CCC[C@@H](O)[C@@H]1CC[C@H]([C@@H]2CC[C@@H]([C@@H](O)CC[C@@H](O)CCCCCCCCCC3=CC(C)OC3=O)O2)O1. The second-order valence-corrected chi connectivity index (χ2v) is 14.2. The molecule has 0 aromatic rings. The molecule has 0 spiro atoms. The molecule has 3 aliphatic heterocycles. The minimum atomic E-state index is -0.578. The molecule has 0 saturated carbocycles. The fraction of sp³-hybridized carbons (Fsp3) is 0.919. The molecule has 2 fully saturated rings. The highest BCUT2D eigenvalue weighted by molar-refractivity contribution is 5.90. The quantitative estimate of drug-likeness (QED) is 0.0634. The third kappa shape index (κ3) is 14.7. The van der Waals surface area contributed by atoms with Gasteiger partial charge in [0, 0.05) is 5.57 Å². The van der Waals surface area contributed by atoms with Crippen LogP contribution in [-0.2, 0) is 19.0 Å². The van der Waals surface area contributed by atoms with Gasteiger partial charge in [0.2, 0.25) is 0 Å². The van der Waals surface area contributed by atoms with Gasteiger partial charge in [-0.05, 0) is 96.5 Å². The summed E-state index contributed by atoms with van der Waals surface area (Å²) in [5.41, 5.74) is 0.834. The Morgan fingerprint density at radius 3 is 1.73 bits per heavy atom. The predicted molar refractivity (Wildman–Crippen MR) is 177 cm³/mol. The average Bonchev–Trinajstić information content (AvgIpc) is 3.77. The molecule has 45 heavy (non-hydrogen) atoms. The van der Waals surface area contributed by atoms with E-state index in [1.165, 1.54) is 32.1 Å². The van der Waals surface area contributed by atoms with Crippen molar-refractivity contribution in [1.29, 1.82) is 0 Å². The molecule has 3 rings (SSSR count). The van der Waals surface area contributed by atoms with Crippen molar-refractivity contribution in [3.63, 3.8) is 0 Å². The van der Waals surface area contributed by atoms with Crippen molar-refractivity contribution in [1.82, 2.24) is 0 Å². The maximum Gasteiger partial charge on any atom is 0.334 e. The number of hydrogen-bond donors (Lipinski definition) is 4. The van der Waals surface area contributed by atoms with Crippen molar-refractivity contribution in [3.05, 3.63) is 11.6 Å². The zero-order valence-corrected chi connectivity index (χ0v) is 28.5. The fourth-order valence-electron chi connectivity index (χ4n) is 7.28. The Hall–Kier alpha value is -1.03. The third-order valence-corrected chi connectivity index (χ3v) is 10.1. The summed E-state index contributed by atoms with van der Waals surface area (Å²) in [5, 5.41) is 42.1. The highest BCUT2D eigenvalue weighted by Gasteiger charge is 2.40. The minimum Gasteiger partial charge on any atom is -0.455 e. The van der Waals surface area contributed by atoms with Gasteiger partial charge in [-0.15, -0.1) is 0 Å². The van der Waals surface area contributed by atoms with E-state index < -0.39 is 12.2 Å². The van der Waals surface area contributed by atoms with E-state index in [-0.39, 0.29) is 48.7 Å². The standard InChI is InChI=1S/C37H66O8/c1-3-4-5-12-16-29(38)18-14-19-31(40)33-22-24-35(44-33)36-25-23-34(45-36)32(41)21-20-30(39)17-13-10-8-6-7-9-11-15-28-26-27(2)43-37(28)42/h26-27,29-36,38-41H,3-25H2,1-2H3/t27?,29-,30+,31-,32+,33+,34+,35-,36+/m1/s1. The van der Waals surface area contributed by atoms with Gasteiger partial charge in [0.1, 0.15) is 6.10 Å². The van der Waals surface area contributed by atoms with Crippen LogP contribution in [0.2, 0.25) is 0 Å². The summed E-state index contributed by atoms with van der Waals surface area (Å²) in [6.45, 7) is 4.08. The minimum absolute atomic E-state index is 0.0381. The molecule has 0 aromatic carbocycles. The monoisotopic (exact) mass is 638 g/mol. The maximum atomic E-state index is 11.6. The molecule has 0 aromatic heterocycles. The average molecular weight is 639 g/mol. The molecule has 1 unspecified atom stereocenters. The lowest BCUT2D eigenvalue weighted by molar-refractivity contribution is -0.139. The number of ether oxygens (including phenoxy) is 3. The first-order valence-corrected chi connectivity index (χ1v) is 18.7. The van der Waals surface area contributed by atoms with Gasteiger partial charge in [-0.25, -0.2) is 4.79 Å². The molecule has 0 bridgehead atoms. The first kappa shape index (κ1) is 38.4. The van der Waals surface area contributed by atoms with E-state index in [0.717, 1.165) is 102 Å². The molecule has 0 radical (unpaired) electrons. The van der Waals surface area contributed by atoms with Gasteiger partial charge in [0.05, 0.1) is 48.8 Å². The largest absolute Gasteiger partial charge is 0.455 e. The van der Waals surface area contributed by atoms with Crippen molar-refractivity contribution in [3.8, 4) is 0 Å². The Balaban J connectivity index is 1.16. The first-order valence-electron chi connectivity index (χ1n) is 18.7. The topological polar surface area (TPSA) is 126 Å². The van der Waals surface area contributed by atoms with E-state index in [0.29, 0.717) is 19.3 Å². The van der Waals surface area contributed by atoms with E-state index in [9.17, 15) is 25.2 Å². The normalized spacial score (nSPS) is 27.8. The molecule has 4 N–H and O–H groups in total. The van der Waals surface area contributed by atoms with Gasteiger partial charge in [-0.2, -0.15) is 0 Å². The number of rotatable bonds is 25. The Morgan fingerprint density at radius 2 is 1.16 bits per heavy atom. The molecule has 0 aliphatic carbocycles. The van der Waals surface area contributed by atoms with E-state index in [4.69, 9.17) is 14.2 Å². The molecule has 3 heterocycles. The summed E-state index contributed by atoms with van der Waals surface area (Å²) >= 11 is 0. The molecule has 9 atom stereocenters. The number of carbonyl (C=O) groups excluding carboxylic acids is 1. The van der Waals surface area contributed by atoms with Crippen LogP contribution in [0.25, 0.3) is 0 Å². The lowest BCUT2D eigenvalue weighted by atomic mass is 9.99. The molecule has 3 aliphatic rings. The summed E-state index contributed by atoms with van der Waals surface area (Å²) in [4.78, 5) is 11.6. The summed E-state index contributed by atoms with van der Waals surface area (Å²) in [5.74, 6) is -0.148. The van der Waals surface area contributed by atoms with Crippen molar-refractivity contribution >= 4 is 5.97 Å². The van der Waals surface area contributed by atoms with Gasteiger partial charge >= 0.3 is 5.97 Å². The second-order valence-electron chi connectivity index (χ2n) is 14.2. The highest BCUT2D eigenvalue weighted by Crippen LogP contribution is 2.34. The fourth-order valence-corrected chi connectivity index (χ4v) is 7.28. The van der Waals surface area contributed by atoms with Crippen LogP contribution >= 0.6 is 0 Å². The van der Waals surface area contributed by atoms with Crippen molar-refractivity contribution < 1.29 is 39.4 Å². The highest BCUT2D eigenvalue weighted by atomic mass is 16.6. The number of aliphatic hydroxyl groups excluding tert-OH is 4. The number of carbonyl (C=O) groups is 1. The van der Waals surface area contributed by atoms with E-state index >= 15 is 0 Å². The van der Waals surface area contributed by atoms with Crippen molar-refractivity contribution in [2.75, 3.05) is 0 Å². The van der Waals surface area contributed by atoms with Crippen LogP contribution in [0.3, 0.4) is 0 Å². The van der Waals surface area contributed by atoms with Crippen LogP contribution in [0.1, 0.15) is 162 Å². The smallest absolute Gasteiger partial charge is 0.334 e. The molecule has 2 saturated heterocycles. The third-order valence-electron chi connectivity index (χ3n) is 10.1. The number of esters is 1. The van der Waals surface area contributed by atoms with Crippen LogP contribution < -0.4 is 0 Å². The number of cyclic esters (lactones) is 1. The lowest BCUT2D eigenvalue weighted by Crippen LogP contribution is -2.33. The van der Waals surface area contributed by atoms with Crippen LogP contribution in [-0.4, -0.2) is 81.3 Å². The summed E-state index contributed by atoms with van der Waals surface area (Å²) in [6.07, 6.45) is 21.2. The second kappa shape index (κ2) is 21.8. The summed E-state index contributed by atoms with van der Waals surface area (Å²) < 4.78 is 17.6. The maximum absolute atomic E-state index is 11.6. The van der Waals surface area contributed by atoms with Crippen molar-refractivity contribution in [2.24, 2.45) is 0 Å². The number of hydrogen-bond acceptors (Lipinski definition) is 8. The Labute approximate surface area is 273 Å². The van der Waals surface area contributed by atoms with Crippen molar-refractivity contribution in [2.45, 2.75) is 216 Å². The first-order chi connectivity index (χ1) is 21.8. The molecular formula is C37H66O8. The predicted octanol–water partition coefficient (Wildman–Crippen LogP) is 6.83. The summed E-state index contributed by atoms with van der Waals surface area (Å²) in [7, 11) is 0. The Bertz CT molecular complexity index is 833. The zero-order valence-electron chi connectivity index (χ0n) is 28.5. The van der Waals surface area contributed by atoms with E-state index in [2.05, 4.69) is 6.92 Å². The van der Waals surface area contributed by atoms with Gasteiger partial charge in [0.15, 0.2) is 0 Å². The van der Waals surface area contributed by atoms with Gasteiger partial charge in [-0.1, -0.05) is 71.1 Å². The number of unbranched alkanes of at least 4 members (excludes halogenated alkanes) is 9. The van der Waals surface area contributed by atoms with Crippen LogP contribution in [0.5, 0.6) is 0 Å².